The van der Waals surface area contributed by atoms with E-state index in [1.807, 2.05) is 24.3 Å². The number of hydrogen-bond donors (Lipinski definition) is 1. The minimum Gasteiger partial charge on any atom is -0.319 e. The van der Waals surface area contributed by atoms with Gasteiger partial charge in [-0.15, -0.1) is 0 Å². The van der Waals surface area contributed by atoms with Gasteiger partial charge in [-0.05, 0) is 35.6 Å². The molecular weight excluding hydrogens is 402 g/mol. The first-order valence-electron chi connectivity index (χ1n) is 10.0. The van der Waals surface area contributed by atoms with Gasteiger partial charge in [0.1, 0.15) is 11.4 Å². The fraction of sp³-hybridized carbons (Fsp3) is 0.348. The van der Waals surface area contributed by atoms with Crippen molar-refractivity contribution in [3.63, 3.8) is 0 Å². The van der Waals surface area contributed by atoms with Crippen LogP contribution in [0.4, 0.5) is 13.6 Å². The minimum absolute atomic E-state index is 0.0490. The lowest BCUT2D eigenvalue weighted by molar-refractivity contribution is -0.131. The van der Waals surface area contributed by atoms with E-state index in [0.29, 0.717) is 11.1 Å². The Bertz CT molecular complexity index is 1160. The maximum absolute atomic E-state index is 13.7. The summed E-state index contributed by atoms with van der Waals surface area (Å²) in [6.45, 7) is 4.68. The molecule has 31 heavy (non-hydrogen) atoms. The summed E-state index contributed by atoms with van der Waals surface area (Å²) < 4.78 is 28.2. The third-order valence-electron chi connectivity index (χ3n) is 5.77. The first kappa shape index (κ1) is 21.0. The van der Waals surface area contributed by atoms with Crippen molar-refractivity contribution in [1.82, 2.24) is 19.8 Å². The number of imidazole rings is 1. The van der Waals surface area contributed by atoms with Gasteiger partial charge in [0, 0.05) is 0 Å². The Morgan fingerprint density at radius 1 is 1.06 bits per heavy atom. The van der Waals surface area contributed by atoms with E-state index in [4.69, 9.17) is 0 Å². The molecule has 1 atom stereocenters. The van der Waals surface area contributed by atoms with Gasteiger partial charge in [0.05, 0.1) is 17.6 Å². The summed E-state index contributed by atoms with van der Waals surface area (Å²) in [5, 5.41) is 2.72. The summed E-state index contributed by atoms with van der Waals surface area (Å²) in [4.78, 5) is 31.1. The number of nitrogens with one attached hydrogen (secondary N) is 1. The predicted octanol–water partition coefficient (Wildman–Crippen LogP) is 4.70. The van der Waals surface area contributed by atoms with Crippen molar-refractivity contribution in [3.05, 3.63) is 65.5 Å². The molecule has 0 bridgehead atoms. The number of nitrogens with zero attached hydrogens (tertiary/aromatic N) is 3. The highest BCUT2D eigenvalue weighted by Crippen LogP contribution is 2.32. The zero-order valence-corrected chi connectivity index (χ0v) is 17.8. The molecule has 1 aliphatic rings. The second-order valence-corrected chi connectivity index (χ2v) is 8.94. The van der Waals surface area contributed by atoms with Gasteiger partial charge in [0.2, 0.25) is 0 Å². The third-order valence-corrected chi connectivity index (χ3v) is 5.77. The Hall–Kier alpha value is -3.29. The number of para-hydroxylation sites is 2. The lowest BCUT2D eigenvalue weighted by atomic mass is 9.84. The molecule has 6 nitrogen and oxygen atoms in total. The number of urea groups is 1. The normalized spacial score (nSPS) is 19.5. The Labute approximate surface area is 178 Å². The van der Waals surface area contributed by atoms with Crippen molar-refractivity contribution >= 4 is 23.0 Å². The molecule has 0 spiro atoms. The Kier molecular flexibility index (Phi) is 4.83. The highest BCUT2D eigenvalue weighted by Gasteiger charge is 2.49. The van der Waals surface area contributed by atoms with Crippen LogP contribution in [0.2, 0.25) is 0 Å². The van der Waals surface area contributed by atoms with E-state index in [-0.39, 0.29) is 23.3 Å². The molecule has 3 amide bonds. The molecule has 3 aromatic rings. The molecule has 0 radical (unpaired) electrons. The first-order valence-corrected chi connectivity index (χ1v) is 10.0. The molecule has 2 aromatic carbocycles. The first-order chi connectivity index (χ1) is 14.5. The van der Waals surface area contributed by atoms with Crippen LogP contribution < -0.4 is 5.32 Å². The number of aromatic nitrogens is 2. The van der Waals surface area contributed by atoms with Crippen LogP contribution >= 0.6 is 0 Å². The average molecular weight is 426 g/mol. The molecule has 0 aliphatic carbocycles. The topological polar surface area (TPSA) is 67.2 Å². The number of alkyl halides is 2. The van der Waals surface area contributed by atoms with Gasteiger partial charge in [0.15, 0.2) is 0 Å². The SMILES string of the molecule is CC(C)(C)c1ccc(C2(C)NC(=O)N(Cc3nc4ccccc4n3C(F)F)C2=O)cc1. The van der Waals surface area contributed by atoms with Crippen LogP contribution in [0.1, 0.15) is 51.2 Å². The monoisotopic (exact) mass is 426 g/mol. The average Bonchev–Trinajstić information content (AvgIpc) is 3.18. The highest BCUT2D eigenvalue weighted by molar-refractivity contribution is 6.07. The maximum atomic E-state index is 13.7. The molecule has 1 unspecified atom stereocenters. The number of benzene rings is 2. The zero-order chi connectivity index (χ0) is 22.6. The van der Waals surface area contributed by atoms with E-state index < -0.39 is 24.0 Å². The van der Waals surface area contributed by atoms with Crippen LogP contribution in [0.15, 0.2) is 48.5 Å². The summed E-state index contributed by atoms with van der Waals surface area (Å²) in [5.74, 6) is -0.555. The van der Waals surface area contributed by atoms with Gasteiger partial charge in [0.25, 0.3) is 5.91 Å². The van der Waals surface area contributed by atoms with Gasteiger partial charge in [-0.2, -0.15) is 8.78 Å². The van der Waals surface area contributed by atoms with Crippen LogP contribution in [0.5, 0.6) is 0 Å². The number of carbonyl (C=O) groups is 2. The smallest absolute Gasteiger partial charge is 0.319 e. The number of hydrogen-bond acceptors (Lipinski definition) is 3. The van der Waals surface area contributed by atoms with E-state index in [2.05, 4.69) is 31.1 Å². The standard InChI is InChI=1S/C23H24F2N4O2/c1-22(2,3)14-9-11-15(12-10-14)23(4)19(30)28(21(31)27-23)13-18-26-16-7-5-6-8-17(16)29(18)20(24)25/h5-12,20H,13H2,1-4H3,(H,27,31). The molecule has 2 heterocycles. The minimum atomic E-state index is -2.85. The largest absolute Gasteiger partial charge is 0.325 e. The molecule has 1 aromatic heterocycles. The predicted molar refractivity (Wildman–Crippen MR) is 113 cm³/mol. The van der Waals surface area contributed by atoms with E-state index >= 15 is 0 Å². The molecule has 0 saturated carbocycles. The number of imide groups is 1. The molecule has 1 saturated heterocycles. The summed E-state index contributed by atoms with van der Waals surface area (Å²) in [6, 6.07) is 13.3. The fourth-order valence-corrected chi connectivity index (χ4v) is 3.90. The lowest BCUT2D eigenvalue weighted by Gasteiger charge is -2.24. The molecule has 1 aliphatic heterocycles. The molecule has 162 valence electrons. The molecule has 1 fully saturated rings. The van der Waals surface area contributed by atoms with Gasteiger partial charge in [-0.25, -0.2) is 9.78 Å². The Morgan fingerprint density at radius 3 is 2.32 bits per heavy atom. The third kappa shape index (κ3) is 3.45. The van der Waals surface area contributed by atoms with Gasteiger partial charge in [-0.3, -0.25) is 14.3 Å². The van der Waals surface area contributed by atoms with E-state index in [1.165, 1.54) is 6.07 Å². The van der Waals surface area contributed by atoms with Crippen molar-refractivity contribution in [2.75, 3.05) is 0 Å². The number of rotatable bonds is 4. The van der Waals surface area contributed by atoms with Crippen LogP contribution in [-0.2, 0) is 22.3 Å². The second-order valence-electron chi connectivity index (χ2n) is 8.94. The van der Waals surface area contributed by atoms with Crippen LogP contribution in [0.3, 0.4) is 0 Å². The van der Waals surface area contributed by atoms with Gasteiger partial charge in [-0.1, -0.05) is 57.2 Å². The van der Waals surface area contributed by atoms with Gasteiger partial charge >= 0.3 is 12.6 Å². The fourth-order valence-electron chi connectivity index (χ4n) is 3.90. The van der Waals surface area contributed by atoms with E-state index in [9.17, 15) is 18.4 Å². The molecular formula is C23H24F2N4O2. The summed E-state index contributed by atoms with van der Waals surface area (Å²) in [6.07, 6.45) is 0. The molecule has 1 N–H and O–H groups in total. The summed E-state index contributed by atoms with van der Waals surface area (Å²) in [5.41, 5.74) is 1.02. The van der Waals surface area contributed by atoms with Crippen molar-refractivity contribution in [2.45, 2.75) is 51.7 Å². The molecule has 8 heteroatoms. The van der Waals surface area contributed by atoms with Crippen LogP contribution in [-0.4, -0.2) is 26.4 Å². The van der Waals surface area contributed by atoms with Crippen LogP contribution in [0.25, 0.3) is 11.0 Å². The molecule has 4 rings (SSSR count). The highest BCUT2D eigenvalue weighted by atomic mass is 19.3. The summed E-state index contributed by atoms with van der Waals surface area (Å²) in [7, 11) is 0. The van der Waals surface area contributed by atoms with Gasteiger partial charge < -0.3 is 5.32 Å². The van der Waals surface area contributed by atoms with E-state index in [1.54, 1.807) is 25.1 Å². The quantitative estimate of drug-likeness (QED) is 0.615. The number of halogens is 2. The Morgan fingerprint density at radius 2 is 1.71 bits per heavy atom. The maximum Gasteiger partial charge on any atom is 0.325 e. The van der Waals surface area contributed by atoms with E-state index in [0.717, 1.165) is 15.0 Å². The zero-order valence-electron chi connectivity index (χ0n) is 17.8. The summed E-state index contributed by atoms with van der Waals surface area (Å²) >= 11 is 0. The van der Waals surface area contributed by atoms with Crippen molar-refractivity contribution in [3.8, 4) is 0 Å². The number of fused-ring (bicyclic) bond motifs is 1. The van der Waals surface area contributed by atoms with Crippen LogP contribution in [0, 0.1) is 0 Å². The second kappa shape index (κ2) is 7.14. The Balaban J connectivity index is 1.66. The van der Waals surface area contributed by atoms with Crippen molar-refractivity contribution in [1.29, 1.82) is 0 Å². The van der Waals surface area contributed by atoms with Crippen molar-refractivity contribution in [2.24, 2.45) is 0 Å². The lowest BCUT2D eigenvalue weighted by Crippen LogP contribution is -2.41. The van der Waals surface area contributed by atoms with Crippen molar-refractivity contribution < 1.29 is 18.4 Å². The number of carbonyl (C=O) groups excluding carboxylic acids is 2. The number of amides is 3.